The summed E-state index contributed by atoms with van der Waals surface area (Å²) >= 11 is 2.63. The monoisotopic (exact) mass is 433 g/mol. The molecule has 0 aliphatic rings. The molecule has 0 bridgehead atoms. The number of rotatable bonds is 8. The number of methoxy groups -OCH3 is 2. The lowest BCUT2D eigenvalue weighted by Crippen LogP contribution is -2.26. The molecule has 9 heteroatoms. The number of nitrogens with zero attached hydrogens (tertiary/aromatic N) is 2. The van der Waals surface area contributed by atoms with Crippen molar-refractivity contribution in [3.8, 4) is 11.5 Å². The Labute approximate surface area is 177 Å². The minimum Gasteiger partial charge on any atom is -0.497 e. The van der Waals surface area contributed by atoms with E-state index in [-0.39, 0.29) is 23.3 Å². The number of nitrogens with one attached hydrogen (secondary N) is 1. The lowest BCUT2D eigenvalue weighted by Gasteiger charge is -2.17. The molecule has 0 unspecified atom stereocenters. The zero-order valence-corrected chi connectivity index (χ0v) is 18.4. The van der Waals surface area contributed by atoms with Crippen molar-refractivity contribution in [2.45, 2.75) is 31.5 Å². The summed E-state index contributed by atoms with van der Waals surface area (Å²) in [7, 11) is 3.10. The summed E-state index contributed by atoms with van der Waals surface area (Å²) in [4.78, 5) is 30.1. The molecular formula is C20H23N3O4S2. The van der Waals surface area contributed by atoms with Gasteiger partial charge in [0, 0.05) is 12.1 Å². The summed E-state index contributed by atoms with van der Waals surface area (Å²) in [6.07, 6.45) is 0.791. The highest BCUT2D eigenvalue weighted by Crippen LogP contribution is 2.29. The molecule has 0 radical (unpaired) electrons. The maximum atomic E-state index is 12.9. The summed E-state index contributed by atoms with van der Waals surface area (Å²) in [5, 5.41) is 5.24. The molecule has 0 saturated heterocycles. The normalized spacial score (nSPS) is 12.0. The van der Waals surface area contributed by atoms with Crippen LogP contribution in [0.3, 0.4) is 0 Å². The molecule has 154 valence electrons. The third-order valence-corrected chi connectivity index (χ3v) is 6.37. The van der Waals surface area contributed by atoms with E-state index in [9.17, 15) is 9.59 Å². The maximum Gasteiger partial charge on any atom is 0.272 e. The Hall–Kier alpha value is -2.52. The number of fused-ring (bicyclic) bond motifs is 1. The minimum absolute atomic E-state index is 0.00876. The molecule has 0 saturated carbocycles. The molecule has 29 heavy (non-hydrogen) atoms. The smallest absolute Gasteiger partial charge is 0.272 e. The van der Waals surface area contributed by atoms with Crippen LogP contribution in [0.2, 0.25) is 0 Å². The standard InChI is InChI=1S/C20H23N3O4S2/c1-5-12(2)23-19(25)18-14(8-9-28-18)22-20(23)29-11-17(24)21-15-10-13(26-3)6-7-16(15)27-4/h6-10,12H,5,11H2,1-4H3,(H,21,24)/t12-/m1/s1. The van der Waals surface area contributed by atoms with Crippen LogP contribution in [0.4, 0.5) is 5.69 Å². The topological polar surface area (TPSA) is 82.5 Å². The summed E-state index contributed by atoms with van der Waals surface area (Å²) in [6.45, 7) is 4.00. The Bertz CT molecular complexity index is 1080. The predicted octanol–water partition coefficient (Wildman–Crippen LogP) is 4.18. The average Bonchev–Trinajstić information content (AvgIpc) is 3.20. The molecule has 0 aliphatic heterocycles. The lowest BCUT2D eigenvalue weighted by molar-refractivity contribution is -0.113. The molecule has 1 N–H and O–H groups in total. The zero-order chi connectivity index (χ0) is 21.0. The number of hydrogen-bond acceptors (Lipinski definition) is 7. The largest absolute Gasteiger partial charge is 0.497 e. The number of thioether (sulfide) groups is 1. The number of amides is 1. The van der Waals surface area contributed by atoms with Crippen LogP contribution in [0, 0.1) is 0 Å². The first-order valence-corrected chi connectivity index (χ1v) is 11.0. The maximum absolute atomic E-state index is 12.9. The van der Waals surface area contributed by atoms with E-state index < -0.39 is 0 Å². The minimum atomic E-state index is -0.225. The Morgan fingerprint density at radius 3 is 2.79 bits per heavy atom. The van der Waals surface area contributed by atoms with E-state index in [4.69, 9.17) is 9.47 Å². The summed E-state index contributed by atoms with van der Waals surface area (Å²) in [5.74, 6) is 1.04. The molecule has 0 aliphatic carbocycles. The van der Waals surface area contributed by atoms with Gasteiger partial charge in [-0.1, -0.05) is 18.7 Å². The van der Waals surface area contributed by atoms with Crippen LogP contribution in [0.5, 0.6) is 11.5 Å². The van der Waals surface area contributed by atoms with Crippen LogP contribution in [0.1, 0.15) is 26.3 Å². The van der Waals surface area contributed by atoms with E-state index in [1.54, 1.807) is 29.9 Å². The van der Waals surface area contributed by atoms with E-state index in [1.807, 2.05) is 25.3 Å². The predicted molar refractivity (Wildman–Crippen MR) is 118 cm³/mol. The number of aromatic nitrogens is 2. The molecule has 3 aromatic rings. The first kappa shape index (κ1) is 21.2. The summed E-state index contributed by atoms with van der Waals surface area (Å²) in [6, 6.07) is 7.01. The van der Waals surface area contributed by atoms with Gasteiger partial charge in [-0.25, -0.2) is 4.98 Å². The number of thiophene rings is 1. The van der Waals surface area contributed by atoms with Gasteiger partial charge in [0.1, 0.15) is 16.2 Å². The van der Waals surface area contributed by atoms with Crippen molar-refractivity contribution >= 4 is 44.9 Å². The zero-order valence-electron chi connectivity index (χ0n) is 16.7. The quantitative estimate of drug-likeness (QED) is 0.424. The van der Waals surface area contributed by atoms with Gasteiger partial charge >= 0.3 is 0 Å². The molecule has 2 heterocycles. The molecule has 1 aromatic carbocycles. The van der Waals surface area contributed by atoms with Crippen LogP contribution in [-0.4, -0.2) is 35.4 Å². The number of carbonyl (C=O) groups excluding carboxylic acids is 1. The van der Waals surface area contributed by atoms with E-state index in [2.05, 4.69) is 10.3 Å². The van der Waals surface area contributed by atoms with E-state index in [1.165, 1.54) is 30.2 Å². The van der Waals surface area contributed by atoms with Gasteiger partial charge in [-0.3, -0.25) is 14.2 Å². The molecule has 7 nitrogen and oxygen atoms in total. The second-order valence-electron chi connectivity index (χ2n) is 6.36. The second kappa shape index (κ2) is 9.32. The van der Waals surface area contributed by atoms with Gasteiger partial charge in [0.05, 0.1) is 31.2 Å². The van der Waals surface area contributed by atoms with Crippen LogP contribution in [0.15, 0.2) is 39.6 Å². The van der Waals surface area contributed by atoms with E-state index >= 15 is 0 Å². The van der Waals surface area contributed by atoms with Gasteiger partial charge in [-0.15, -0.1) is 11.3 Å². The fraction of sp³-hybridized carbons (Fsp3) is 0.350. The van der Waals surface area contributed by atoms with Gasteiger partial charge in [-0.2, -0.15) is 0 Å². The Balaban J connectivity index is 1.82. The molecule has 1 atom stereocenters. The summed E-state index contributed by atoms with van der Waals surface area (Å²) in [5.41, 5.74) is 1.13. The molecule has 3 rings (SSSR count). The first-order chi connectivity index (χ1) is 14.0. The van der Waals surface area contributed by atoms with Crippen molar-refractivity contribution in [2.24, 2.45) is 0 Å². The molecule has 0 spiro atoms. The molecule has 0 fully saturated rings. The fourth-order valence-corrected chi connectivity index (χ4v) is 4.47. The first-order valence-electron chi connectivity index (χ1n) is 9.12. The highest BCUT2D eigenvalue weighted by Gasteiger charge is 2.18. The van der Waals surface area contributed by atoms with Crippen LogP contribution < -0.4 is 20.3 Å². The molecule has 1 amide bonds. The fourth-order valence-electron chi connectivity index (χ4n) is 2.80. The van der Waals surface area contributed by atoms with Gasteiger partial charge in [-0.05, 0) is 36.9 Å². The number of anilines is 1. The SMILES string of the molecule is CC[C@@H](C)n1c(SCC(=O)Nc2cc(OC)ccc2OC)nc2ccsc2c1=O. The number of benzene rings is 1. The van der Waals surface area contributed by atoms with Crippen LogP contribution in [0.25, 0.3) is 10.2 Å². The Kier molecular flexibility index (Phi) is 6.81. The van der Waals surface area contributed by atoms with Crippen molar-refractivity contribution in [2.75, 3.05) is 25.3 Å². The van der Waals surface area contributed by atoms with E-state index in [0.717, 1.165) is 6.42 Å². The Morgan fingerprint density at radius 2 is 2.10 bits per heavy atom. The van der Waals surface area contributed by atoms with Gasteiger partial charge in [0.25, 0.3) is 5.56 Å². The van der Waals surface area contributed by atoms with Gasteiger partial charge < -0.3 is 14.8 Å². The molecule has 2 aromatic heterocycles. The van der Waals surface area contributed by atoms with Crippen molar-refractivity contribution in [3.63, 3.8) is 0 Å². The third kappa shape index (κ3) is 4.56. The average molecular weight is 434 g/mol. The van der Waals surface area contributed by atoms with Crippen molar-refractivity contribution in [1.82, 2.24) is 9.55 Å². The van der Waals surface area contributed by atoms with Crippen LogP contribution >= 0.6 is 23.1 Å². The summed E-state index contributed by atoms with van der Waals surface area (Å²) < 4.78 is 12.8. The van der Waals surface area contributed by atoms with Crippen molar-refractivity contribution < 1.29 is 14.3 Å². The van der Waals surface area contributed by atoms with Crippen molar-refractivity contribution in [3.05, 3.63) is 40.0 Å². The van der Waals surface area contributed by atoms with E-state index in [0.29, 0.717) is 32.6 Å². The number of hydrogen-bond donors (Lipinski definition) is 1. The molecular weight excluding hydrogens is 410 g/mol. The van der Waals surface area contributed by atoms with Gasteiger partial charge in [0.15, 0.2) is 5.16 Å². The highest BCUT2D eigenvalue weighted by molar-refractivity contribution is 7.99. The highest BCUT2D eigenvalue weighted by atomic mass is 32.2. The second-order valence-corrected chi connectivity index (χ2v) is 8.22. The number of carbonyl (C=O) groups is 1. The Morgan fingerprint density at radius 1 is 1.31 bits per heavy atom. The lowest BCUT2D eigenvalue weighted by atomic mass is 10.2. The van der Waals surface area contributed by atoms with Gasteiger partial charge in [0.2, 0.25) is 5.91 Å². The number of ether oxygens (including phenoxy) is 2. The van der Waals surface area contributed by atoms with Crippen LogP contribution in [-0.2, 0) is 4.79 Å². The van der Waals surface area contributed by atoms with Crippen molar-refractivity contribution in [1.29, 1.82) is 0 Å². The third-order valence-electron chi connectivity index (χ3n) is 4.52.